The normalized spacial score (nSPS) is 14.6. The zero-order valence-corrected chi connectivity index (χ0v) is 12.6. The Kier molecular flexibility index (Phi) is 3.75. The molecule has 3 rings (SSSR count). The van der Waals surface area contributed by atoms with Crippen LogP contribution in [0.2, 0.25) is 0 Å². The van der Waals surface area contributed by atoms with E-state index in [0.29, 0.717) is 11.7 Å². The Balaban J connectivity index is 1.74. The van der Waals surface area contributed by atoms with E-state index in [1.54, 1.807) is 17.8 Å². The first-order chi connectivity index (χ1) is 9.20. The molecule has 0 saturated heterocycles. The lowest BCUT2D eigenvalue weighted by Crippen LogP contribution is -2.11. The molecule has 2 aromatic rings. The maximum atomic E-state index is 11.6. The first kappa shape index (κ1) is 12.9. The van der Waals surface area contributed by atoms with Gasteiger partial charge in [0.2, 0.25) is 0 Å². The van der Waals surface area contributed by atoms with Crippen LogP contribution in [0.5, 0.6) is 0 Å². The zero-order chi connectivity index (χ0) is 13.2. The van der Waals surface area contributed by atoms with Crippen LogP contribution in [0, 0.1) is 0 Å². The van der Waals surface area contributed by atoms with E-state index >= 15 is 0 Å². The summed E-state index contributed by atoms with van der Waals surface area (Å²) in [7, 11) is 0. The van der Waals surface area contributed by atoms with Crippen LogP contribution < -0.4 is 5.56 Å². The van der Waals surface area contributed by atoms with E-state index in [2.05, 4.69) is 38.0 Å². The summed E-state index contributed by atoms with van der Waals surface area (Å²) in [5.74, 6) is 1.96. The molecule has 0 aliphatic heterocycles. The number of hydrogen-bond donors (Lipinski definition) is 1. The van der Waals surface area contributed by atoms with Crippen LogP contribution >= 0.6 is 27.7 Å². The van der Waals surface area contributed by atoms with Crippen LogP contribution in [0.4, 0.5) is 0 Å². The Morgan fingerprint density at radius 1 is 1.37 bits per heavy atom. The Labute approximate surface area is 124 Å². The topological polar surface area (TPSA) is 45.8 Å². The largest absolute Gasteiger partial charge is 0.310 e. The van der Waals surface area contributed by atoms with Crippen LogP contribution in [0.15, 0.2) is 44.5 Å². The molecule has 1 saturated carbocycles. The van der Waals surface area contributed by atoms with E-state index in [1.807, 2.05) is 12.1 Å². The number of H-pyrrole nitrogens is 1. The minimum absolute atomic E-state index is 0.0401. The second-order valence-electron chi connectivity index (χ2n) is 4.64. The first-order valence-corrected chi connectivity index (χ1v) is 7.97. The van der Waals surface area contributed by atoms with Gasteiger partial charge in [0.1, 0.15) is 5.82 Å². The molecule has 0 unspecified atom stereocenters. The van der Waals surface area contributed by atoms with Crippen molar-refractivity contribution < 1.29 is 0 Å². The molecular weight excluding hydrogens is 324 g/mol. The van der Waals surface area contributed by atoms with Gasteiger partial charge < -0.3 is 4.98 Å². The fourth-order valence-corrected chi connectivity index (χ4v) is 3.27. The van der Waals surface area contributed by atoms with Crippen molar-refractivity contribution in [2.45, 2.75) is 29.4 Å². The van der Waals surface area contributed by atoms with Crippen LogP contribution in [0.1, 0.15) is 30.3 Å². The summed E-state index contributed by atoms with van der Waals surface area (Å²) in [6.45, 7) is 0. The number of hydrogen-bond acceptors (Lipinski definition) is 3. The summed E-state index contributed by atoms with van der Waals surface area (Å²) in [5, 5.41) is 0. The van der Waals surface area contributed by atoms with Crippen molar-refractivity contribution in [2.75, 3.05) is 0 Å². The predicted octanol–water partition coefficient (Wildman–Crippen LogP) is 3.70. The Morgan fingerprint density at radius 3 is 2.95 bits per heavy atom. The van der Waals surface area contributed by atoms with Gasteiger partial charge in [-0.25, -0.2) is 4.98 Å². The smallest absolute Gasteiger partial charge is 0.251 e. The fourth-order valence-electron chi connectivity index (χ4n) is 1.89. The molecule has 19 heavy (non-hydrogen) atoms. The number of aromatic amines is 1. The van der Waals surface area contributed by atoms with Crippen molar-refractivity contribution in [1.82, 2.24) is 9.97 Å². The van der Waals surface area contributed by atoms with E-state index in [4.69, 9.17) is 0 Å². The van der Waals surface area contributed by atoms with Crippen LogP contribution in [-0.4, -0.2) is 9.97 Å². The second kappa shape index (κ2) is 5.51. The number of halogens is 1. The number of thioether (sulfide) groups is 1. The summed E-state index contributed by atoms with van der Waals surface area (Å²) in [6, 6.07) is 9.75. The highest BCUT2D eigenvalue weighted by molar-refractivity contribution is 9.10. The molecule has 5 heteroatoms. The molecule has 1 aromatic heterocycles. The summed E-state index contributed by atoms with van der Waals surface area (Å²) in [4.78, 5) is 20.1. The Hall–Kier alpha value is -1.07. The summed E-state index contributed by atoms with van der Waals surface area (Å²) in [5.41, 5.74) is 0.912. The average Bonchev–Trinajstić information content (AvgIpc) is 3.20. The van der Waals surface area contributed by atoms with E-state index in [-0.39, 0.29) is 5.56 Å². The number of rotatable bonds is 4. The molecule has 1 aliphatic carbocycles. The SMILES string of the molecule is O=c1cc(C2CC2)nc(CSc2cccc(Br)c2)[nH]1. The number of nitrogens with zero attached hydrogens (tertiary/aromatic N) is 1. The fraction of sp³-hybridized carbons (Fsp3) is 0.286. The van der Waals surface area contributed by atoms with E-state index < -0.39 is 0 Å². The maximum Gasteiger partial charge on any atom is 0.251 e. The van der Waals surface area contributed by atoms with Gasteiger partial charge >= 0.3 is 0 Å². The summed E-state index contributed by atoms with van der Waals surface area (Å²) >= 11 is 5.13. The third kappa shape index (κ3) is 3.48. The Morgan fingerprint density at radius 2 is 2.21 bits per heavy atom. The second-order valence-corrected chi connectivity index (χ2v) is 6.60. The number of benzene rings is 1. The molecule has 0 atom stereocenters. The van der Waals surface area contributed by atoms with Crippen molar-refractivity contribution in [3.05, 3.63) is 56.7 Å². The monoisotopic (exact) mass is 336 g/mol. The van der Waals surface area contributed by atoms with Gasteiger partial charge in [-0.3, -0.25) is 4.79 Å². The van der Waals surface area contributed by atoms with Gasteiger partial charge in [0, 0.05) is 21.4 Å². The molecule has 0 spiro atoms. The van der Waals surface area contributed by atoms with Gasteiger partial charge in [0.25, 0.3) is 5.56 Å². The number of nitrogens with one attached hydrogen (secondary N) is 1. The highest BCUT2D eigenvalue weighted by Gasteiger charge is 2.25. The summed E-state index contributed by atoms with van der Waals surface area (Å²) in [6.07, 6.45) is 2.32. The minimum Gasteiger partial charge on any atom is -0.310 e. The van der Waals surface area contributed by atoms with Crippen molar-refractivity contribution in [3.63, 3.8) is 0 Å². The molecule has 0 bridgehead atoms. The molecule has 1 N–H and O–H groups in total. The highest BCUT2D eigenvalue weighted by Crippen LogP contribution is 2.38. The molecule has 3 nitrogen and oxygen atoms in total. The third-order valence-corrected chi connectivity index (χ3v) is 4.48. The molecule has 98 valence electrons. The standard InChI is InChI=1S/C14H13BrN2OS/c15-10-2-1-3-11(6-10)19-8-13-16-12(9-4-5-9)7-14(18)17-13/h1-3,6-7,9H,4-5,8H2,(H,16,17,18). The van der Waals surface area contributed by atoms with E-state index in [9.17, 15) is 4.79 Å². The maximum absolute atomic E-state index is 11.6. The first-order valence-electron chi connectivity index (χ1n) is 6.19. The minimum atomic E-state index is -0.0401. The lowest BCUT2D eigenvalue weighted by molar-refractivity contribution is 0.912. The molecule has 1 heterocycles. The van der Waals surface area contributed by atoms with Crippen molar-refractivity contribution in [3.8, 4) is 0 Å². The Bertz CT molecular complexity index is 652. The third-order valence-electron chi connectivity index (χ3n) is 2.98. The van der Waals surface area contributed by atoms with Crippen LogP contribution in [0.3, 0.4) is 0 Å². The van der Waals surface area contributed by atoms with Crippen molar-refractivity contribution in [2.24, 2.45) is 0 Å². The van der Waals surface area contributed by atoms with Gasteiger partial charge in [0.15, 0.2) is 0 Å². The van der Waals surface area contributed by atoms with Crippen molar-refractivity contribution >= 4 is 27.7 Å². The molecular formula is C14H13BrN2OS. The zero-order valence-electron chi connectivity index (χ0n) is 10.2. The van der Waals surface area contributed by atoms with E-state index in [0.717, 1.165) is 33.7 Å². The van der Waals surface area contributed by atoms with Crippen LogP contribution in [0.25, 0.3) is 0 Å². The van der Waals surface area contributed by atoms with Gasteiger partial charge in [-0.15, -0.1) is 11.8 Å². The molecule has 1 aromatic carbocycles. The van der Waals surface area contributed by atoms with Crippen molar-refractivity contribution in [1.29, 1.82) is 0 Å². The van der Waals surface area contributed by atoms with E-state index in [1.165, 1.54) is 0 Å². The molecule has 0 radical (unpaired) electrons. The number of aromatic nitrogens is 2. The highest BCUT2D eigenvalue weighted by atomic mass is 79.9. The molecule has 0 amide bonds. The van der Waals surface area contributed by atoms with Gasteiger partial charge in [-0.2, -0.15) is 0 Å². The average molecular weight is 337 g/mol. The van der Waals surface area contributed by atoms with Crippen LogP contribution in [-0.2, 0) is 5.75 Å². The molecule has 1 aliphatic rings. The van der Waals surface area contributed by atoms with Gasteiger partial charge in [-0.05, 0) is 31.0 Å². The predicted molar refractivity (Wildman–Crippen MR) is 80.5 cm³/mol. The lowest BCUT2D eigenvalue weighted by atomic mass is 10.3. The van der Waals surface area contributed by atoms with Gasteiger partial charge in [0.05, 0.1) is 11.4 Å². The van der Waals surface area contributed by atoms with Gasteiger partial charge in [-0.1, -0.05) is 22.0 Å². The quantitative estimate of drug-likeness (QED) is 0.866. The lowest BCUT2D eigenvalue weighted by Gasteiger charge is -2.04. The molecule has 1 fully saturated rings. The summed E-state index contributed by atoms with van der Waals surface area (Å²) < 4.78 is 1.06.